The summed E-state index contributed by atoms with van der Waals surface area (Å²) in [6.45, 7) is 0. The summed E-state index contributed by atoms with van der Waals surface area (Å²) in [6, 6.07) is 10.8. The van der Waals surface area contributed by atoms with Crippen LogP contribution in [0.4, 0.5) is 4.79 Å². The number of benzene rings is 2. The van der Waals surface area contributed by atoms with Crippen molar-refractivity contribution in [2.75, 3.05) is 7.11 Å². The minimum Gasteiger partial charge on any atom is -0.493 e. The number of barbiturate groups is 1. The molecule has 2 bridgehead atoms. The second kappa shape index (κ2) is 10.2. The summed E-state index contributed by atoms with van der Waals surface area (Å²) in [6.07, 6.45) is 8.21. The molecule has 0 radical (unpaired) electrons. The highest BCUT2D eigenvalue weighted by molar-refractivity contribution is 6.31. The smallest absolute Gasteiger partial charge is 0.336 e. The van der Waals surface area contributed by atoms with Gasteiger partial charge < -0.3 is 9.47 Å². The standard InChI is InChI=1S/C28H25ClN2O6/c1-36-24-15-18(5-10-23(24)37-25(32)11-6-16-3-8-20(29)9-4-16)13-21-26(33)30-28(35)31(27(21)34)22-14-17-2-7-19(22)12-17/h3-6,8-11,13,15,17,19,22H,2,7,12,14H2,1H3,(H,30,33,35)/b11-6+,21-13+/t17-,19-,22+/m0/s1. The Morgan fingerprint density at radius 1 is 1.03 bits per heavy atom. The molecular formula is C28H25ClN2O6. The lowest BCUT2D eigenvalue weighted by Gasteiger charge is -2.35. The number of esters is 1. The minimum atomic E-state index is -0.740. The predicted molar refractivity (Wildman–Crippen MR) is 137 cm³/mol. The molecule has 1 aliphatic heterocycles. The first-order valence-electron chi connectivity index (χ1n) is 12.1. The molecule has 1 heterocycles. The van der Waals surface area contributed by atoms with Gasteiger partial charge in [-0.1, -0.05) is 36.2 Å². The lowest BCUT2D eigenvalue weighted by atomic mass is 9.93. The third-order valence-corrected chi connectivity index (χ3v) is 7.41. The number of ether oxygens (including phenoxy) is 2. The van der Waals surface area contributed by atoms with Gasteiger partial charge in [-0.05, 0) is 78.6 Å². The molecule has 3 aliphatic rings. The minimum absolute atomic E-state index is 0.125. The second-order valence-corrected chi connectivity index (χ2v) is 9.89. The van der Waals surface area contributed by atoms with Gasteiger partial charge in [0.15, 0.2) is 11.5 Å². The quantitative estimate of drug-likeness (QED) is 0.258. The SMILES string of the molecule is COc1cc(/C=C2\C(=O)NC(=O)N([C@@H]3C[C@H]4CC[C@H]3C4)C2=O)ccc1OC(=O)/C=C/c1ccc(Cl)cc1. The highest BCUT2D eigenvalue weighted by atomic mass is 35.5. The van der Waals surface area contributed by atoms with E-state index in [1.54, 1.807) is 42.5 Å². The van der Waals surface area contributed by atoms with E-state index < -0.39 is 23.8 Å². The Hall–Kier alpha value is -3.91. The van der Waals surface area contributed by atoms with Crippen molar-refractivity contribution in [2.24, 2.45) is 11.8 Å². The topological polar surface area (TPSA) is 102 Å². The van der Waals surface area contributed by atoms with Gasteiger partial charge in [-0.3, -0.25) is 19.8 Å². The Kier molecular flexibility index (Phi) is 6.84. The van der Waals surface area contributed by atoms with Gasteiger partial charge in [0.25, 0.3) is 11.8 Å². The van der Waals surface area contributed by atoms with Gasteiger partial charge in [0, 0.05) is 17.1 Å². The van der Waals surface area contributed by atoms with E-state index in [1.807, 2.05) is 0 Å². The number of urea groups is 1. The first kappa shape index (κ1) is 24.8. The van der Waals surface area contributed by atoms with Gasteiger partial charge in [0.1, 0.15) is 5.57 Å². The van der Waals surface area contributed by atoms with E-state index >= 15 is 0 Å². The number of halogens is 1. The third-order valence-electron chi connectivity index (χ3n) is 7.16. The number of imide groups is 2. The average Bonchev–Trinajstić information content (AvgIpc) is 3.51. The monoisotopic (exact) mass is 520 g/mol. The molecule has 2 aliphatic carbocycles. The number of fused-ring (bicyclic) bond motifs is 2. The van der Waals surface area contributed by atoms with E-state index in [0.717, 1.165) is 31.2 Å². The first-order valence-corrected chi connectivity index (χ1v) is 12.4. The van der Waals surface area contributed by atoms with Crippen LogP contribution in [0.2, 0.25) is 5.02 Å². The molecule has 5 rings (SSSR count). The molecule has 1 saturated heterocycles. The van der Waals surface area contributed by atoms with Gasteiger partial charge >= 0.3 is 12.0 Å². The van der Waals surface area contributed by atoms with E-state index in [1.165, 1.54) is 30.2 Å². The Balaban J connectivity index is 1.33. The number of nitrogens with one attached hydrogen (secondary N) is 1. The van der Waals surface area contributed by atoms with Crippen molar-refractivity contribution in [3.05, 3.63) is 70.3 Å². The van der Waals surface area contributed by atoms with Gasteiger partial charge in [0.2, 0.25) is 0 Å². The van der Waals surface area contributed by atoms with Crippen molar-refractivity contribution in [1.29, 1.82) is 0 Å². The summed E-state index contributed by atoms with van der Waals surface area (Å²) in [5, 5.41) is 2.90. The van der Waals surface area contributed by atoms with Gasteiger partial charge in [-0.25, -0.2) is 9.59 Å². The highest BCUT2D eigenvalue weighted by Gasteiger charge is 2.49. The van der Waals surface area contributed by atoms with Crippen molar-refractivity contribution in [2.45, 2.75) is 31.7 Å². The molecule has 1 N–H and O–H groups in total. The Morgan fingerprint density at radius 3 is 2.46 bits per heavy atom. The van der Waals surface area contributed by atoms with E-state index in [4.69, 9.17) is 21.1 Å². The van der Waals surface area contributed by atoms with E-state index in [2.05, 4.69) is 5.32 Å². The number of methoxy groups -OCH3 is 1. The molecular weight excluding hydrogens is 496 g/mol. The summed E-state index contributed by atoms with van der Waals surface area (Å²) in [4.78, 5) is 51.9. The molecule has 3 atom stereocenters. The van der Waals surface area contributed by atoms with E-state index in [-0.39, 0.29) is 29.0 Å². The Bertz CT molecular complexity index is 1330. The summed E-state index contributed by atoms with van der Waals surface area (Å²) in [5.74, 6) is -0.704. The second-order valence-electron chi connectivity index (χ2n) is 9.45. The molecule has 0 spiro atoms. The number of amides is 4. The largest absolute Gasteiger partial charge is 0.493 e. The van der Waals surface area contributed by atoms with Crippen molar-refractivity contribution < 1.29 is 28.7 Å². The highest BCUT2D eigenvalue weighted by Crippen LogP contribution is 2.47. The van der Waals surface area contributed by atoms with Gasteiger partial charge in [0.05, 0.1) is 7.11 Å². The van der Waals surface area contributed by atoms with Crippen molar-refractivity contribution in [3.63, 3.8) is 0 Å². The number of rotatable bonds is 6. The maximum atomic E-state index is 13.2. The van der Waals surface area contributed by atoms with Crippen LogP contribution >= 0.6 is 11.6 Å². The summed E-state index contributed by atoms with van der Waals surface area (Å²) in [7, 11) is 1.42. The van der Waals surface area contributed by atoms with Crippen molar-refractivity contribution in [3.8, 4) is 11.5 Å². The van der Waals surface area contributed by atoms with Crippen LogP contribution < -0.4 is 14.8 Å². The number of nitrogens with zero attached hydrogens (tertiary/aromatic N) is 1. The molecule has 3 fully saturated rings. The van der Waals surface area contributed by atoms with Crippen LogP contribution in [0.25, 0.3) is 12.2 Å². The molecule has 2 aromatic carbocycles. The summed E-state index contributed by atoms with van der Waals surface area (Å²) >= 11 is 5.87. The van der Waals surface area contributed by atoms with Gasteiger partial charge in [-0.15, -0.1) is 0 Å². The fourth-order valence-corrected chi connectivity index (χ4v) is 5.53. The maximum Gasteiger partial charge on any atom is 0.336 e. The lowest BCUT2D eigenvalue weighted by molar-refractivity contribution is -0.132. The predicted octanol–water partition coefficient (Wildman–Crippen LogP) is 4.62. The summed E-state index contributed by atoms with van der Waals surface area (Å²) < 4.78 is 10.8. The maximum absolute atomic E-state index is 13.2. The molecule has 2 saturated carbocycles. The van der Waals surface area contributed by atoms with Gasteiger partial charge in [-0.2, -0.15) is 0 Å². The zero-order valence-electron chi connectivity index (χ0n) is 20.1. The molecule has 0 aromatic heterocycles. The average molecular weight is 521 g/mol. The van der Waals surface area contributed by atoms with E-state index in [0.29, 0.717) is 16.5 Å². The molecule has 0 unspecified atom stereocenters. The Labute approximate surface area is 218 Å². The molecule has 9 heteroatoms. The molecule has 4 amide bonds. The van der Waals surface area contributed by atoms with Crippen LogP contribution in [0.3, 0.4) is 0 Å². The zero-order chi connectivity index (χ0) is 26.1. The van der Waals surface area contributed by atoms with E-state index in [9.17, 15) is 19.2 Å². The Morgan fingerprint density at radius 2 is 1.78 bits per heavy atom. The van der Waals surface area contributed by atoms with Crippen molar-refractivity contribution in [1.82, 2.24) is 10.2 Å². The number of hydrogen-bond donors (Lipinski definition) is 1. The van der Waals surface area contributed by atoms with Crippen LogP contribution in [0, 0.1) is 11.8 Å². The molecule has 37 heavy (non-hydrogen) atoms. The molecule has 190 valence electrons. The van der Waals surface area contributed by atoms with Crippen molar-refractivity contribution >= 4 is 47.6 Å². The number of carbonyl (C=O) groups excluding carboxylic acids is 4. The molecule has 8 nitrogen and oxygen atoms in total. The van der Waals surface area contributed by atoms with Crippen LogP contribution in [-0.2, 0) is 14.4 Å². The van der Waals surface area contributed by atoms with Crippen LogP contribution in [-0.4, -0.2) is 41.9 Å². The fraction of sp³-hybridized carbons (Fsp3) is 0.286. The van der Waals surface area contributed by atoms with Crippen LogP contribution in [0.15, 0.2) is 54.1 Å². The van der Waals surface area contributed by atoms with Crippen LogP contribution in [0.5, 0.6) is 11.5 Å². The lowest BCUT2D eigenvalue weighted by Crippen LogP contribution is -2.58. The summed E-state index contributed by atoms with van der Waals surface area (Å²) in [5.41, 5.74) is 1.14. The zero-order valence-corrected chi connectivity index (χ0v) is 20.9. The first-order chi connectivity index (χ1) is 17.8. The fourth-order valence-electron chi connectivity index (χ4n) is 5.41. The normalized spacial score (nSPS) is 24.2. The molecule has 2 aromatic rings. The third kappa shape index (κ3) is 5.15. The van der Waals surface area contributed by atoms with Crippen LogP contribution in [0.1, 0.15) is 36.8 Å². The number of carbonyl (C=O) groups is 4. The number of hydrogen-bond acceptors (Lipinski definition) is 6.